The summed E-state index contributed by atoms with van der Waals surface area (Å²) in [6.45, 7) is 3.95. The van der Waals surface area contributed by atoms with Crippen molar-refractivity contribution in [1.82, 2.24) is 0 Å². The van der Waals surface area contributed by atoms with Crippen LogP contribution in [0.3, 0.4) is 0 Å². The average molecular weight is 269 g/mol. The first kappa shape index (κ1) is 14.1. The van der Waals surface area contributed by atoms with E-state index in [0.717, 1.165) is 12.0 Å². The van der Waals surface area contributed by atoms with Gasteiger partial charge in [-0.1, -0.05) is 42.0 Å². The maximum absolute atomic E-state index is 11.3. The zero-order valence-electron chi connectivity index (χ0n) is 11.8. The van der Waals surface area contributed by atoms with Crippen LogP contribution in [0.15, 0.2) is 48.5 Å². The van der Waals surface area contributed by atoms with Gasteiger partial charge in [-0.2, -0.15) is 0 Å². The van der Waals surface area contributed by atoms with Crippen LogP contribution >= 0.6 is 0 Å². The first-order valence-electron chi connectivity index (χ1n) is 6.70. The van der Waals surface area contributed by atoms with Gasteiger partial charge in [-0.3, -0.25) is 0 Å². The molecular formula is C17H19NO2. The summed E-state index contributed by atoms with van der Waals surface area (Å²) in [5.41, 5.74) is 3.18. The summed E-state index contributed by atoms with van der Waals surface area (Å²) < 4.78 is 0. The number of carboxylic acid groups (broad SMARTS) is 1. The maximum Gasteiger partial charge on any atom is 0.337 e. The molecule has 1 unspecified atom stereocenters. The second kappa shape index (κ2) is 6.24. The highest BCUT2D eigenvalue weighted by Crippen LogP contribution is 2.19. The minimum Gasteiger partial charge on any atom is -0.478 e. The Morgan fingerprint density at radius 1 is 1.20 bits per heavy atom. The van der Waals surface area contributed by atoms with Crippen molar-refractivity contribution < 1.29 is 9.90 Å². The molecule has 104 valence electrons. The first-order valence-corrected chi connectivity index (χ1v) is 6.70. The minimum atomic E-state index is -0.900. The fraction of sp³-hybridized carbons (Fsp3) is 0.235. The van der Waals surface area contributed by atoms with Crippen molar-refractivity contribution in [3.05, 3.63) is 65.2 Å². The van der Waals surface area contributed by atoms with Crippen molar-refractivity contribution in [3.8, 4) is 0 Å². The molecule has 0 saturated heterocycles. The lowest BCUT2D eigenvalue weighted by Crippen LogP contribution is -2.20. The Morgan fingerprint density at radius 2 is 1.90 bits per heavy atom. The molecule has 0 radical (unpaired) electrons. The SMILES string of the molecule is Cc1ccc(NC(C)Cc2ccccc2)c(C(=O)O)c1. The van der Waals surface area contributed by atoms with Crippen LogP contribution in [0.1, 0.15) is 28.4 Å². The summed E-state index contributed by atoms with van der Waals surface area (Å²) >= 11 is 0. The number of hydrogen-bond donors (Lipinski definition) is 2. The molecule has 2 aromatic rings. The van der Waals surface area contributed by atoms with Gasteiger partial charge in [0, 0.05) is 11.7 Å². The molecule has 1 atom stereocenters. The number of aryl methyl sites for hydroxylation is 1. The lowest BCUT2D eigenvalue weighted by Gasteiger charge is -2.17. The van der Waals surface area contributed by atoms with Gasteiger partial charge in [-0.25, -0.2) is 4.79 Å². The van der Waals surface area contributed by atoms with E-state index in [0.29, 0.717) is 11.3 Å². The van der Waals surface area contributed by atoms with E-state index in [9.17, 15) is 9.90 Å². The van der Waals surface area contributed by atoms with Gasteiger partial charge in [0.25, 0.3) is 0 Å². The van der Waals surface area contributed by atoms with E-state index in [2.05, 4.69) is 24.4 Å². The molecule has 0 bridgehead atoms. The van der Waals surface area contributed by atoms with E-state index in [1.807, 2.05) is 37.3 Å². The molecule has 2 rings (SSSR count). The predicted molar refractivity (Wildman–Crippen MR) is 81.4 cm³/mol. The third-order valence-corrected chi connectivity index (χ3v) is 3.19. The van der Waals surface area contributed by atoms with Gasteiger partial charge >= 0.3 is 5.97 Å². The third-order valence-electron chi connectivity index (χ3n) is 3.19. The highest BCUT2D eigenvalue weighted by atomic mass is 16.4. The Hall–Kier alpha value is -2.29. The van der Waals surface area contributed by atoms with Crippen molar-refractivity contribution in [2.45, 2.75) is 26.3 Å². The second-order valence-electron chi connectivity index (χ2n) is 5.09. The summed E-state index contributed by atoms with van der Waals surface area (Å²) in [6, 6.07) is 15.8. The molecular weight excluding hydrogens is 250 g/mol. The van der Waals surface area contributed by atoms with E-state index in [1.165, 1.54) is 5.56 Å². The summed E-state index contributed by atoms with van der Waals surface area (Å²) in [4.78, 5) is 11.3. The smallest absolute Gasteiger partial charge is 0.337 e. The molecule has 0 saturated carbocycles. The molecule has 2 N–H and O–H groups in total. The topological polar surface area (TPSA) is 49.3 Å². The van der Waals surface area contributed by atoms with Gasteiger partial charge in [-0.15, -0.1) is 0 Å². The van der Waals surface area contributed by atoms with Gasteiger partial charge in [0.15, 0.2) is 0 Å². The average Bonchev–Trinajstić information content (AvgIpc) is 2.41. The molecule has 3 heteroatoms. The molecule has 0 aliphatic carbocycles. The molecule has 0 aliphatic rings. The van der Waals surface area contributed by atoms with E-state index in [1.54, 1.807) is 6.07 Å². The van der Waals surface area contributed by atoms with Gasteiger partial charge in [-0.05, 0) is 38.0 Å². The molecule has 0 amide bonds. The van der Waals surface area contributed by atoms with Crippen molar-refractivity contribution in [2.24, 2.45) is 0 Å². The number of rotatable bonds is 5. The molecule has 3 nitrogen and oxygen atoms in total. The van der Waals surface area contributed by atoms with Gasteiger partial charge in [0.2, 0.25) is 0 Å². The summed E-state index contributed by atoms with van der Waals surface area (Å²) in [5, 5.41) is 12.5. The monoisotopic (exact) mass is 269 g/mol. The summed E-state index contributed by atoms with van der Waals surface area (Å²) in [5.74, 6) is -0.900. The minimum absolute atomic E-state index is 0.165. The Morgan fingerprint density at radius 3 is 2.55 bits per heavy atom. The van der Waals surface area contributed by atoms with E-state index in [4.69, 9.17) is 0 Å². The number of hydrogen-bond acceptors (Lipinski definition) is 2. The summed E-state index contributed by atoms with van der Waals surface area (Å²) in [6.07, 6.45) is 0.855. The third kappa shape index (κ3) is 3.60. The Kier molecular flexibility index (Phi) is 4.41. The Labute approximate surface area is 119 Å². The van der Waals surface area contributed by atoms with Gasteiger partial charge < -0.3 is 10.4 Å². The number of nitrogens with one attached hydrogen (secondary N) is 1. The molecule has 0 aliphatic heterocycles. The fourth-order valence-corrected chi connectivity index (χ4v) is 2.25. The van der Waals surface area contributed by atoms with Crippen LogP contribution in [0, 0.1) is 6.92 Å². The molecule has 0 aromatic heterocycles. The highest BCUT2D eigenvalue weighted by molar-refractivity contribution is 5.94. The van der Waals surface area contributed by atoms with Gasteiger partial charge in [0.1, 0.15) is 0 Å². The standard InChI is InChI=1S/C17H19NO2/c1-12-8-9-16(15(10-12)17(19)20)18-13(2)11-14-6-4-3-5-7-14/h3-10,13,18H,11H2,1-2H3,(H,19,20). The van der Waals surface area contributed by atoms with Crippen molar-refractivity contribution in [2.75, 3.05) is 5.32 Å². The van der Waals surface area contributed by atoms with Crippen LogP contribution in [0.25, 0.3) is 0 Å². The van der Waals surface area contributed by atoms with Crippen LogP contribution in [-0.4, -0.2) is 17.1 Å². The van der Waals surface area contributed by atoms with Crippen LogP contribution in [-0.2, 0) is 6.42 Å². The van der Waals surface area contributed by atoms with Crippen molar-refractivity contribution >= 4 is 11.7 Å². The zero-order chi connectivity index (χ0) is 14.5. The molecule has 0 spiro atoms. The first-order chi connectivity index (χ1) is 9.56. The van der Waals surface area contributed by atoms with E-state index >= 15 is 0 Å². The number of anilines is 1. The molecule has 0 heterocycles. The van der Waals surface area contributed by atoms with E-state index < -0.39 is 5.97 Å². The fourth-order valence-electron chi connectivity index (χ4n) is 2.25. The largest absolute Gasteiger partial charge is 0.478 e. The zero-order valence-corrected chi connectivity index (χ0v) is 11.8. The molecule has 2 aromatic carbocycles. The van der Waals surface area contributed by atoms with Crippen LogP contribution in [0.2, 0.25) is 0 Å². The number of aromatic carboxylic acids is 1. The van der Waals surface area contributed by atoms with Crippen molar-refractivity contribution in [3.63, 3.8) is 0 Å². The lowest BCUT2D eigenvalue weighted by molar-refractivity contribution is 0.0698. The quantitative estimate of drug-likeness (QED) is 0.869. The summed E-state index contributed by atoms with van der Waals surface area (Å²) in [7, 11) is 0. The number of benzene rings is 2. The second-order valence-corrected chi connectivity index (χ2v) is 5.09. The van der Waals surface area contributed by atoms with Gasteiger partial charge in [0.05, 0.1) is 5.56 Å². The van der Waals surface area contributed by atoms with Crippen LogP contribution in [0.5, 0.6) is 0 Å². The molecule has 0 fully saturated rings. The lowest BCUT2D eigenvalue weighted by atomic mass is 10.1. The number of carboxylic acids is 1. The number of carbonyl (C=O) groups is 1. The Bertz CT molecular complexity index is 593. The predicted octanol–water partition coefficient (Wildman–Crippen LogP) is 3.74. The molecule has 20 heavy (non-hydrogen) atoms. The maximum atomic E-state index is 11.3. The van der Waals surface area contributed by atoms with E-state index in [-0.39, 0.29) is 6.04 Å². The van der Waals surface area contributed by atoms with Crippen LogP contribution in [0.4, 0.5) is 5.69 Å². The van der Waals surface area contributed by atoms with Crippen LogP contribution < -0.4 is 5.32 Å². The Balaban J connectivity index is 2.11. The highest BCUT2D eigenvalue weighted by Gasteiger charge is 2.12. The van der Waals surface area contributed by atoms with Crippen molar-refractivity contribution in [1.29, 1.82) is 0 Å². The normalized spacial score (nSPS) is 11.9.